The summed E-state index contributed by atoms with van der Waals surface area (Å²) in [7, 11) is 0.115. The normalized spacial score (nSPS) is 22.6. The van der Waals surface area contributed by atoms with Gasteiger partial charge in [-0.2, -0.15) is 9.40 Å². The lowest BCUT2D eigenvalue weighted by Crippen LogP contribution is -2.49. The molecule has 3 heterocycles. The van der Waals surface area contributed by atoms with Gasteiger partial charge in [0.05, 0.1) is 17.5 Å². The lowest BCUT2D eigenvalue weighted by molar-refractivity contribution is 0.0190. The molecule has 8 heteroatoms. The summed E-state index contributed by atoms with van der Waals surface area (Å²) in [6.45, 7) is 6.87. The summed E-state index contributed by atoms with van der Waals surface area (Å²) in [4.78, 5) is 2.90. The predicted molar refractivity (Wildman–Crippen MR) is 96.1 cm³/mol. The minimum atomic E-state index is -3.46. The number of ether oxygens (including phenoxy) is 1. The Kier molecular flexibility index (Phi) is 5.53. The second-order valence-corrected chi connectivity index (χ2v) is 9.10. The maximum absolute atomic E-state index is 13.0. The topological polar surface area (TPSA) is 67.7 Å². The summed E-state index contributed by atoms with van der Waals surface area (Å²) >= 11 is 0. The molecule has 0 unspecified atom stereocenters. The van der Waals surface area contributed by atoms with Crippen LogP contribution in [0.4, 0.5) is 0 Å². The number of aryl methyl sites for hydroxylation is 2. The maximum atomic E-state index is 13.0. The molecule has 2 aliphatic rings. The first-order valence-corrected chi connectivity index (χ1v) is 10.6. The monoisotopic (exact) mass is 370 g/mol. The second-order valence-electron chi connectivity index (χ2n) is 7.23. The second kappa shape index (κ2) is 7.34. The largest absolute Gasteiger partial charge is 0.381 e. The van der Waals surface area contributed by atoms with E-state index in [0.29, 0.717) is 41.5 Å². The van der Waals surface area contributed by atoms with Crippen molar-refractivity contribution in [2.75, 3.05) is 33.3 Å². The Labute approximate surface area is 151 Å². The van der Waals surface area contributed by atoms with E-state index in [1.807, 2.05) is 6.92 Å². The van der Waals surface area contributed by atoms with Crippen molar-refractivity contribution in [3.05, 3.63) is 11.4 Å². The Hall–Kier alpha value is -0.960. The fraction of sp³-hybridized carbons (Fsp3) is 0.824. The molecule has 7 nitrogen and oxygen atoms in total. The van der Waals surface area contributed by atoms with Crippen molar-refractivity contribution in [1.82, 2.24) is 19.0 Å². The average Bonchev–Trinajstić information content (AvgIpc) is 2.87. The molecule has 3 rings (SSSR count). The van der Waals surface area contributed by atoms with Gasteiger partial charge in [-0.05, 0) is 39.5 Å². The van der Waals surface area contributed by atoms with Crippen molar-refractivity contribution in [2.45, 2.75) is 56.6 Å². The van der Waals surface area contributed by atoms with E-state index in [1.165, 1.54) is 0 Å². The first kappa shape index (κ1) is 18.8. The molecule has 142 valence electrons. The molecule has 2 saturated heterocycles. The van der Waals surface area contributed by atoms with E-state index >= 15 is 0 Å². The maximum Gasteiger partial charge on any atom is 0.246 e. The number of hydrogen-bond donors (Lipinski definition) is 0. The van der Waals surface area contributed by atoms with Crippen molar-refractivity contribution in [1.29, 1.82) is 0 Å². The summed E-state index contributed by atoms with van der Waals surface area (Å²) in [5.41, 5.74) is 1.30. The molecule has 0 radical (unpaired) electrons. The molecule has 2 fully saturated rings. The zero-order valence-corrected chi connectivity index (χ0v) is 16.5. The van der Waals surface area contributed by atoms with Gasteiger partial charge in [0.2, 0.25) is 10.0 Å². The fourth-order valence-corrected chi connectivity index (χ4v) is 6.05. The molecule has 0 aliphatic carbocycles. The van der Waals surface area contributed by atoms with E-state index in [9.17, 15) is 8.42 Å². The van der Waals surface area contributed by atoms with Crippen LogP contribution in [0.2, 0.25) is 0 Å². The SMILES string of the molecule is COC1CCN(C2CCN(S(=O)(=O)c3c(C)nn(C)c3C)CC2)CC1. The summed E-state index contributed by atoms with van der Waals surface area (Å²) in [6, 6.07) is 0.486. The Morgan fingerprint density at radius 3 is 2.12 bits per heavy atom. The molecule has 0 bridgehead atoms. The number of aromatic nitrogens is 2. The number of methoxy groups -OCH3 is 1. The predicted octanol–water partition coefficient (Wildman–Crippen LogP) is 1.30. The summed E-state index contributed by atoms with van der Waals surface area (Å²) in [5.74, 6) is 0. The molecule has 0 N–H and O–H groups in total. The van der Waals surface area contributed by atoms with Crippen molar-refractivity contribution in [2.24, 2.45) is 7.05 Å². The molecule has 0 saturated carbocycles. The zero-order valence-electron chi connectivity index (χ0n) is 15.7. The molecular weight excluding hydrogens is 340 g/mol. The van der Waals surface area contributed by atoms with Gasteiger partial charge in [0.25, 0.3) is 0 Å². The molecule has 0 aromatic carbocycles. The van der Waals surface area contributed by atoms with Crippen LogP contribution in [-0.2, 0) is 21.8 Å². The van der Waals surface area contributed by atoms with Gasteiger partial charge in [-0.15, -0.1) is 0 Å². The van der Waals surface area contributed by atoms with Crippen LogP contribution >= 0.6 is 0 Å². The standard InChI is InChI=1S/C17H30N4O3S/c1-13-17(14(2)19(3)18-13)25(22,23)21-11-5-15(6-12-21)20-9-7-16(24-4)8-10-20/h15-16H,5-12H2,1-4H3. The first-order valence-electron chi connectivity index (χ1n) is 9.11. The van der Waals surface area contributed by atoms with Gasteiger partial charge in [-0.1, -0.05) is 0 Å². The summed E-state index contributed by atoms with van der Waals surface area (Å²) in [5, 5.41) is 4.27. The fourth-order valence-electron chi connectivity index (χ4n) is 4.18. The van der Waals surface area contributed by atoms with Gasteiger partial charge in [-0.3, -0.25) is 4.68 Å². The van der Waals surface area contributed by atoms with Crippen LogP contribution in [0.5, 0.6) is 0 Å². The van der Waals surface area contributed by atoms with E-state index in [4.69, 9.17) is 4.74 Å². The third-order valence-electron chi connectivity index (χ3n) is 5.79. The molecule has 1 aromatic heterocycles. The van der Waals surface area contributed by atoms with Crippen molar-refractivity contribution in [3.63, 3.8) is 0 Å². The van der Waals surface area contributed by atoms with Gasteiger partial charge >= 0.3 is 0 Å². The quantitative estimate of drug-likeness (QED) is 0.799. The van der Waals surface area contributed by atoms with Crippen LogP contribution in [0.1, 0.15) is 37.1 Å². The molecule has 0 amide bonds. The highest BCUT2D eigenvalue weighted by Crippen LogP contribution is 2.28. The van der Waals surface area contributed by atoms with E-state index in [2.05, 4.69) is 10.00 Å². The lowest BCUT2D eigenvalue weighted by Gasteiger charge is -2.41. The van der Waals surface area contributed by atoms with Crippen LogP contribution in [-0.4, -0.2) is 72.8 Å². The van der Waals surface area contributed by atoms with Crippen LogP contribution in [0.3, 0.4) is 0 Å². The number of likely N-dealkylation sites (tertiary alicyclic amines) is 1. The highest BCUT2D eigenvalue weighted by atomic mass is 32.2. The van der Waals surface area contributed by atoms with E-state index in [0.717, 1.165) is 38.8 Å². The van der Waals surface area contributed by atoms with Crippen LogP contribution in [0.25, 0.3) is 0 Å². The number of sulfonamides is 1. The Balaban J connectivity index is 1.64. The van der Waals surface area contributed by atoms with Gasteiger partial charge in [0.1, 0.15) is 4.90 Å². The van der Waals surface area contributed by atoms with E-state index in [1.54, 1.807) is 30.1 Å². The van der Waals surface area contributed by atoms with Crippen molar-refractivity contribution >= 4 is 10.0 Å². The van der Waals surface area contributed by atoms with Crippen LogP contribution < -0.4 is 0 Å². The van der Waals surface area contributed by atoms with Crippen molar-refractivity contribution < 1.29 is 13.2 Å². The molecule has 0 spiro atoms. The minimum absolute atomic E-state index is 0.383. The third kappa shape index (κ3) is 3.63. The van der Waals surface area contributed by atoms with Gasteiger partial charge in [0.15, 0.2) is 0 Å². The minimum Gasteiger partial charge on any atom is -0.381 e. The smallest absolute Gasteiger partial charge is 0.246 e. The summed E-state index contributed by atoms with van der Waals surface area (Å²) in [6.07, 6.45) is 4.32. The Morgan fingerprint density at radius 1 is 1.04 bits per heavy atom. The lowest BCUT2D eigenvalue weighted by atomic mass is 10.00. The number of rotatable bonds is 4. The van der Waals surface area contributed by atoms with Gasteiger partial charge in [0, 0.05) is 46.4 Å². The first-order chi connectivity index (χ1) is 11.8. The van der Waals surface area contributed by atoms with E-state index in [-0.39, 0.29) is 0 Å². The highest BCUT2D eigenvalue weighted by Gasteiger charge is 2.35. The van der Waals surface area contributed by atoms with Gasteiger partial charge in [-0.25, -0.2) is 8.42 Å². The summed E-state index contributed by atoms with van der Waals surface area (Å²) < 4.78 is 34.8. The third-order valence-corrected chi connectivity index (χ3v) is 7.94. The van der Waals surface area contributed by atoms with Crippen LogP contribution in [0, 0.1) is 13.8 Å². The number of hydrogen-bond acceptors (Lipinski definition) is 5. The molecule has 1 aromatic rings. The zero-order chi connectivity index (χ0) is 18.2. The van der Waals surface area contributed by atoms with Crippen molar-refractivity contribution in [3.8, 4) is 0 Å². The van der Waals surface area contributed by atoms with Gasteiger partial charge < -0.3 is 9.64 Å². The number of nitrogens with zero attached hydrogens (tertiary/aromatic N) is 4. The molecule has 0 atom stereocenters. The van der Waals surface area contributed by atoms with E-state index < -0.39 is 10.0 Å². The number of piperidine rings is 2. The average molecular weight is 371 g/mol. The Bertz CT molecular complexity index is 700. The Morgan fingerprint density at radius 2 is 1.64 bits per heavy atom. The highest BCUT2D eigenvalue weighted by molar-refractivity contribution is 7.89. The van der Waals surface area contributed by atoms with Crippen LogP contribution in [0.15, 0.2) is 4.90 Å². The molecule has 2 aliphatic heterocycles. The molecular formula is C17H30N4O3S. The molecule has 25 heavy (non-hydrogen) atoms.